The van der Waals surface area contributed by atoms with E-state index in [9.17, 15) is 0 Å². The van der Waals surface area contributed by atoms with Crippen LogP contribution in [0.15, 0.2) is 41.0 Å². The molecule has 0 amide bonds. The molecule has 0 atom stereocenters. The topological polar surface area (TPSA) is 0 Å². The van der Waals surface area contributed by atoms with Crippen LogP contribution in [0.2, 0.25) is 0 Å². The minimum Gasteiger partial charge on any atom is -0.147 e. The predicted octanol–water partition coefficient (Wildman–Crippen LogP) is 7.21. The number of halogens is 2. The molecule has 0 saturated heterocycles. The maximum atomic E-state index is 2.46. The minimum absolute atomic E-state index is 0. The SMILES string of the molecule is CC1=CC[C]([Zr][C]2=C(C(C)(C)C)C(C)=CC2)=C1C(C)(C)C.Cl.Cl. The summed E-state index contributed by atoms with van der Waals surface area (Å²) in [5.41, 5.74) is 7.05. The van der Waals surface area contributed by atoms with Crippen molar-refractivity contribution in [2.24, 2.45) is 10.8 Å². The molecule has 0 N–H and O–H groups in total. The van der Waals surface area contributed by atoms with Gasteiger partial charge in [-0.05, 0) is 0 Å². The first kappa shape index (κ1) is 23.4. The van der Waals surface area contributed by atoms with E-state index in [1.54, 1.807) is 22.3 Å². The van der Waals surface area contributed by atoms with Gasteiger partial charge in [0.05, 0.1) is 0 Å². The normalized spacial score (nSPS) is 18.4. The first-order chi connectivity index (χ1) is 9.51. The van der Waals surface area contributed by atoms with Crippen LogP contribution < -0.4 is 0 Å². The Balaban J connectivity index is 0.00000242. The molecule has 3 heteroatoms. The Morgan fingerprint density at radius 2 is 1.00 bits per heavy atom. The van der Waals surface area contributed by atoms with E-state index >= 15 is 0 Å². The Bertz CT molecular complexity index is 524. The van der Waals surface area contributed by atoms with E-state index in [1.807, 2.05) is 6.56 Å². The molecule has 130 valence electrons. The van der Waals surface area contributed by atoms with Crippen molar-refractivity contribution in [2.45, 2.75) is 68.2 Å². The van der Waals surface area contributed by atoms with Crippen molar-refractivity contribution in [3.63, 3.8) is 0 Å². The molecule has 2 aliphatic rings. The van der Waals surface area contributed by atoms with E-state index in [4.69, 9.17) is 0 Å². The number of hydrogen-bond acceptors (Lipinski definition) is 0. The van der Waals surface area contributed by atoms with Gasteiger partial charge in [0.2, 0.25) is 0 Å². The molecule has 23 heavy (non-hydrogen) atoms. The average molecular weight is 435 g/mol. The van der Waals surface area contributed by atoms with Crippen LogP contribution in [0.25, 0.3) is 0 Å². The van der Waals surface area contributed by atoms with Gasteiger partial charge in [-0.1, -0.05) is 0 Å². The van der Waals surface area contributed by atoms with Gasteiger partial charge < -0.3 is 0 Å². The molecule has 0 saturated carbocycles. The second kappa shape index (κ2) is 8.20. The van der Waals surface area contributed by atoms with E-state index in [0.29, 0.717) is 10.8 Å². The molecule has 0 fully saturated rings. The maximum Gasteiger partial charge on any atom is -0.147 e. The predicted molar refractivity (Wildman–Crippen MR) is 104 cm³/mol. The number of hydrogen-bond donors (Lipinski definition) is 0. The van der Waals surface area contributed by atoms with Gasteiger partial charge in [-0.15, -0.1) is 24.8 Å². The quantitative estimate of drug-likeness (QED) is 0.431. The van der Waals surface area contributed by atoms with Gasteiger partial charge >= 0.3 is 143 Å². The van der Waals surface area contributed by atoms with Gasteiger partial charge in [0, 0.05) is 0 Å². The average Bonchev–Trinajstić information content (AvgIpc) is 2.81. The summed E-state index contributed by atoms with van der Waals surface area (Å²) in [6.07, 6.45) is 7.38. The van der Waals surface area contributed by atoms with Crippen molar-refractivity contribution in [3.8, 4) is 0 Å². The first-order valence-electron chi connectivity index (χ1n) is 8.10. The summed E-state index contributed by atoms with van der Waals surface area (Å²) in [6, 6.07) is 0. The zero-order valence-corrected chi connectivity index (χ0v) is 20.0. The van der Waals surface area contributed by atoms with Crippen molar-refractivity contribution in [2.75, 3.05) is 0 Å². The van der Waals surface area contributed by atoms with Crippen molar-refractivity contribution < 1.29 is 23.2 Å². The standard InChI is InChI=1S/2C10H15.2ClH.Zr/c2*1-8-6-5-7-9(8)10(2,3)4;;;/h2*6H,5H2,1-4H3;2*1H;. The van der Waals surface area contributed by atoms with E-state index in [-0.39, 0.29) is 24.8 Å². The maximum absolute atomic E-state index is 2.46. The molecule has 0 bridgehead atoms. The van der Waals surface area contributed by atoms with Crippen LogP contribution in [0.5, 0.6) is 0 Å². The van der Waals surface area contributed by atoms with E-state index in [2.05, 4.69) is 67.5 Å². The van der Waals surface area contributed by atoms with Gasteiger partial charge in [0.15, 0.2) is 0 Å². The van der Waals surface area contributed by atoms with Crippen LogP contribution in [-0.2, 0) is 23.2 Å². The molecule has 0 radical (unpaired) electrons. The summed E-state index contributed by atoms with van der Waals surface area (Å²) in [6.45, 7) is 18.9. The number of allylic oxidation sites excluding steroid dienone is 8. The molecule has 0 nitrogen and oxygen atoms in total. The molecule has 0 aromatic carbocycles. The fourth-order valence-corrected chi connectivity index (χ4v) is 9.22. The van der Waals surface area contributed by atoms with Gasteiger partial charge in [-0.2, -0.15) is 0 Å². The smallest absolute Gasteiger partial charge is 0.147 e. The number of rotatable bonds is 2. The molecule has 0 aromatic heterocycles. The van der Waals surface area contributed by atoms with Crippen molar-refractivity contribution in [1.82, 2.24) is 0 Å². The molecule has 0 heterocycles. The summed E-state index contributed by atoms with van der Waals surface area (Å²) < 4.78 is 3.65. The molecule has 2 aliphatic carbocycles. The molecule has 0 unspecified atom stereocenters. The van der Waals surface area contributed by atoms with Crippen LogP contribution in [0.1, 0.15) is 68.2 Å². The first-order valence-corrected chi connectivity index (χ1v) is 10.6. The Morgan fingerprint density at radius 3 is 1.26 bits per heavy atom. The third-order valence-corrected chi connectivity index (χ3v) is 8.13. The molecule has 0 aromatic rings. The van der Waals surface area contributed by atoms with Crippen LogP contribution in [-0.4, -0.2) is 0 Å². The van der Waals surface area contributed by atoms with Crippen LogP contribution in [0.3, 0.4) is 0 Å². The van der Waals surface area contributed by atoms with Crippen LogP contribution in [0.4, 0.5) is 0 Å². The summed E-state index contributed by atoms with van der Waals surface area (Å²) in [4.78, 5) is 0. The van der Waals surface area contributed by atoms with Gasteiger partial charge in [-0.25, -0.2) is 0 Å². The minimum atomic E-state index is -0.627. The fraction of sp³-hybridized carbons (Fsp3) is 0.600. The zero-order chi connectivity index (χ0) is 16.0. The monoisotopic (exact) mass is 432 g/mol. The van der Waals surface area contributed by atoms with Crippen molar-refractivity contribution in [1.29, 1.82) is 0 Å². The Labute approximate surface area is 167 Å². The third-order valence-electron chi connectivity index (χ3n) is 4.42. The summed E-state index contributed by atoms with van der Waals surface area (Å²) in [5, 5.41) is 0. The van der Waals surface area contributed by atoms with Crippen LogP contribution >= 0.6 is 24.8 Å². The van der Waals surface area contributed by atoms with Crippen molar-refractivity contribution >= 4 is 24.8 Å². The molecule has 0 aliphatic heterocycles. The van der Waals surface area contributed by atoms with Gasteiger partial charge in [0.25, 0.3) is 0 Å². The van der Waals surface area contributed by atoms with Crippen LogP contribution in [0, 0.1) is 10.8 Å². The Morgan fingerprint density at radius 1 is 0.696 bits per heavy atom. The molecular formula is C20H32Cl2Zr. The van der Waals surface area contributed by atoms with Gasteiger partial charge in [-0.3, -0.25) is 0 Å². The largest absolute Gasteiger partial charge is 0.147 e. The zero-order valence-electron chi connectivity index (χ0n) is 15.9. The van der Waals surface area contributed by atoms with Gasteiger partial charge in [0.1, 0.15) is 0 Å². The third kappa shape index (κ3) is 5.20. The van der Waals surface area contributed by atoms with E-state index in [1.165, 1.54) is 12.8 Å². The molecule has 2 rings (SSSR count). The molecule has 0 spiro atoms. The molecular weight excluding hydrogens is 402 g/mol. The summed E-state index contributed by atoms with van der Waals surface area (Å²) >= 11 is -0.627. The van der Waals surface area contributed by atoms with E-state index < -0.39 is 23.2 Å². The second-order valence-electron chi connectivity index (χ2n) is 8.51. The second-order valence-corrected chi connectivity index (χ2v) is 12.1. The van der Waals surface area contributed by atoms with Crippen molar-refractivity contribution in [3.05, 3.63) is 41.0 Å². The fourth-order valence-electron chi connectivity index (χ4n) is 3.89. The summed E-state index contributed by atoms with van der Waals surface area (Å²) in [5.74, 6) is 0. The Hall–Kier alpha value is 0.423. The van der Waals surface area contributed by atoms with E-state index in [0.717, 1.165) is 0 Å². The summed E-state index contributed by atoms with van der Waals surface area (Å²) in [7, 11) is 0. The Kier molecular flexibility index (Phi) is 8.35.